The minimum Gasteiger partial charge on any atom is -0.494 e. The fourth-order valence-electron chi connectivity index (χ4n) is 1.96. The largest absolute Gasteiger partial charge is 0.494 e. The van der Waals surface area contributed by atoms with E-state index in [1.165, 1.54) is 0 Å². The highest BCUT2D eigenvalue weighted by Crippen LogP contribution is 2.33. The number of anilines is 1. The van der Waals surface area contributed by atoms with Crippen molar-refractivity contribution >= 4 is 5.69 Å². The van der Waals surface area contributed by atoms with Crippen LogP contribution in [-0.4, -0.2) is 25.7 Å². The Bertz CT molecular complexity index is 660. The summed E-state index contributed by atoms with van der Waals surface area (Å²) in [7, 11) is 3.96. The van der Waals surface area contributed by atoms with E-state index < -0.39 is 0 Å². The van der Waals surface area contributed by atoms with E-state index in [4.69, 9.17) is 15.9 Å². The number of hydrogen-bond donors (Lipinski definition) is 0. The number of hydrogen-bond acceptors (Lipinski definition) is 4. The molecule has 0 saturated carbocycles. The third-order valence-corrected chi connectivity index (χ3v) is 2.97. The minimum atomic E-state index is 0.562. The van der Waals surface area contributed by atoms with Crippen molar-refractivity contribution in [2.45, 2.75) is 6.92 Å². The van der Waals surface area contributed by atoms with E-state index in [0.29, 0.717) is 12.4 Å². The zero-order valence-corrected chi connectivity index (χ0v) is 12.5. The first-order chi connectivity index (χ1) is 10.2. The average molecular weight is 282 g/mol. The van der Waals surface area contributed by atoms with Gasteiger partial charge in [0.15, 0.2) is 5.75 Å². The Morgan fingerprint density at radius 2 is 2.05 bits per heavy atom. The van der Waals surface area contributed by atoms with Crippen molar-refractivity contribution in [3.63, 3.8) is 0 Å². The van der Waals surface area contributed by atoms with Crippen LogP contribution in [0.1, 0.15) is 6.92 Å². The summed E-state index contributed by atoms with van der Waals surface area (Å²) >= 11 is 0. The van der Waals surface area contributed by atoms with E-state index in [1.807, 2.05) is 50.2 Å². The molecular formula is C17H18N2O2. The summed E-state index contributed by atoms with van der Waals surface area (Å²) in [6.07, 6.45) is 9.24. The van der Waals surface area contributed by atoms with Gasteiger partial charge in [-0.1, -0.05) is 6.42 Å². The van der Waals surface area contributed by atoms with E-state index in [9.17, 15) is 0 Å². The average Bonchev–Trinajstić information content (AvgIpc) is 2.48. The van der Waals surface area contributed by atoms with E-state index >= 15 is 0 Å². The molecule has 0 saturated heterocycles. The number of benzene rings is 1. The predicted molar refractivity (Wildman–Crippen MR) is 84.6 cm³/mol. The van der Waals surface area contributed by atoms with Crippen molar-refractivity contribution < 1.29 is 9.47 Å². The Kier molecular flexibility index (Phi) is 4.68. The van der Waals surface area contributed by atoms with Gasteiger partial charge < -0.3 is 14.4 Å². The van der Waals surface area contributed by atoms with Gasteiger partial charge in [0.1, 0.15) is 11.9 Å². The van der Waals surface area contributed by atoms with E-state index in [1.54, 1.807) is 12.3 Å². The Morgan fingerprint density at radius 1 is 1.24 bits per heavy atom. The molecule has 0 radical (unpaired) electrons. The van der Waals surface area contributed by atoms with Crippen molar-refractivity contribution in [2.24, 2.45) is 0 Å². The third kappa shape index (κ3) is 3.46. The van der Waals surface area contributed by atoms with Gasteiger partial charge in [-0.15, -0.1) is 0 Å². The van der Waals surface area contributed by atoms with Crippen LogP contribution >= 0.6 is 0 Å². The highest BCUT2D eigenvalue weighted by molar-refractivity contribution is 5.71. The number of terminal acetylenes is 1. The molecule has 4 heteroatoms. The summed E-state index contributed by atoms with van der Waals surface area (Å²) in [5.74, 6) is 1.28. The lowest BCUT2D eigenvalue weighted by Crippen LogP contribution is -2.08. The molecule has 21 heavy (non-hydrogen) atoms. The molecule has 0 bridgehead atoms. The highest BCUT2D eigenvalue weighted by atomic mass is 16.5. The maximum atomic E-state index is 5.47. The molecule has 0 atom stereocenters. The van der Waals surface area contributed by atoms with Gasteiger partial charge in [0, 0.05) is 37.6 Å². The van der Waals surface area contributed by atoms with Gasteiger partial charge in [0.05, 0.1) is 12.3 Å². The highest BCUT2D eigenvalue weighted by Gasteiger charge is 2.11. The van der Waals surface area contributed by atoms with Gasteiger partial charge in [-0.3, -0.25) is 4.98 Å². The first-order valence-electron chi connectivity index (χ1n) is 6.68. The molecule has 108 valence electrons. The van der Waals surface area contributed by atoms with Crippen molar-refractivity contribution in [1.29, 1.82) is 0 Å². The number of aromatic nitrogens is 1. The fraction of sp³-hybridized carbons (Fsp3) is 0.235. The van der Waals surface area contributed by atoms with Gasteiger partial charge in [0.25, 0.3) is 0 Å². The molecule has 0 fully saturated rings. The molecule has 0 amide bonds. The minimum absolute atomic E-state index is 0.562. The van der Waals surface area contributed by atoms with Crippen molar-refractivity contribution in [3.8, 4) is 35.3 Å². The van der Waals surface area contributed by atoms with Crippen LogP contribution < -0.4 is 14.4 Å². The van der Waals surface area contributed by atoms with Crippen molar-refractivity contribution in [2.75, 3.05) is 25.6 Å². The monoisotopic (exact) mass is 282 g/mol. The molecule has 0 N–H and O–H groups in total. The molecule has 4 nitrogen and oxygen atoms in total. The van der Waals surface area contributed by atoms with Crippen molar-refractivity contribution in [3.05, 3.63) is 36.5 Å². The van der Waals surface area contributed by atoms with Gasteiger partial charge in [-0.25, -0.2) is 0 Å². The number of pyridine rings is 1. The second-order valence-electron chi connectivity index (χ2n) is 4.60. The van der Waals surface area contributed by atoms with E-state index in [-0.39, 0.29) is 0 Å². The second-order valence-corrected chi connectivity index (χ2v) is 4.60. The third-order valence-electron chi connectivity index (χ3n) is 2.97. The zero-order valence-electron chi connectivity index (χ0n) is 12.5. The summed E-state index contributed by atoms with van der Waals surface area (Å²) in [6, 6.07) is 9.49. The van der Waals surface area contributed by atoms with Crippen molar-refractivity contribution in [1.82, 2.24) is 4.98 Å². The Balaban J connectivity index is 2.47. The molecule has 2 aromatic rings. The molecule has 2 rings (SSSR count). The van der Waals surface area contributed by atoms with Crippen LogP contribution in [0.2, 0.25) is 0 Å². The molecule has 0 spiro atoms. The Hall–Kier alpha value is -2.67. The molecule has 0 unspecified atom stereocenters. The molecule has 1 aromatic heterocycles. The second kappa shape index (κ2) is 6.67. The molecule has 1 aromatic carbocycles. The standard InChI is InChI=1S/C17H18N2O2/c1-5-20-14-7-8-15(17(12-14)21-6-2)16-11-13(19(3)4)9-10-18-16/h2,7-12H,5H2,1,3-4H3. The van der Waals surface area contributed by atoms with Crippen LogP contribution in [0.15, 0.2) is 36.5 Å². The topological polar surface area (TPSA) is 34.6 Å². The Labute approximate surface area is 125 Å². The summed E-state index contributed by atoms with van der Waals surface area (Å²) in [6.45, 7) is 2.51. The SMILES string of the molecule is C#COc1cc(OCC)ccc1-c1cc(N(C)C)ccn1. The van der Waals surface area contributed by atoms with E-state index in [2.05, 4.69) is 11.1 Å². The van der Waals surface area contributed by atoms with Crippen LogP contribution in [-0.2, 0) is 0 Å². The summed E-state index contributed by atoms with van der Waals surface area (Å²) in [5, 5.41) is 0. The lowest BCUT2D eigenvalue weighted by molar-refractivity contribution is 0.338. The molecule has 0 aliphatic rings. The number of ether oxygens (including phenoxy) is 2. The quantitative estimate of drug-likeness (QED) is 0.789. The van der Waals surface area contributed by atoms with E-state index in [0.717, 1.165) is 22.7 Å². The first kappa shape index (κ1) is 14.7. The smallest absolute Gasteiger partial charge is 0.153 e. The van der Waals surface area contributed by atoms with Gasteiger partial charge in [0.2, 0.25) is 0 Å². The lowest BCUT2D eigenvalue weighted by Gasteiger charge is -2.14. The summed E-state index contributed by atoms with van der Waals surface area (Å²) in [5.41, 5.74) is 2.69. The number of nitrogens with zero attached hydrogens (tertiary/aromatic N) is 2. The zero-order chi connectivity index (χ0) is 15.2. The van der Waals surface area contributed by atoms with Gasteiger partial charge in [-0.05, 0) is 31.2 Å². The van der Waals surface area contributed by atoms with Crippen LogP contribution in [0.5, 0.6) is 11.5 Å². The maximum Gasteiger partial charge on any atom is 0.153 e. The van der Waals surface area contributed by atoms with Crippen LogP contribution in [0.3, 0.4) is 0 Å². The first-order valence-corrected chi connectivity index (χ1v) is 6.68. The Morgan fingerprint density at radius 3 is 2.71 bits per heavy atom. The predicted octanol–water partition coefficient (Wildman–Crippen LogP) is 3.18. The molecule has 1 heterocycles. The summed E-state index contributed by atoms with van der Waals surface area (Å²) in [4.78, 5) is 6.41. The fourth-order valence-corrected chi connectivity index (χ4v) is 1.96. The normalized spacial score (nSPS) is 9.81. The maximum absolute atomic E-state index is 5.47. The van der Waals surface area contributed by atoms with Crippen LogP contribution in [0.4, 0.5) is 5.69 Å². The molecule has 0 aliphatic heterocycles. The molecule has 0 aliphatic carbocycles. The van der Waals surface area contributed by atoms with Gasteiger partial charge in [-0.2, -0.15) is 0 Å². The van der Waals surface area contributed by atoms with Gasteiger partial charge >= 0.3 is 0 Å². The summed E-state index contributed by atoms with van der Waals surface area (Å²) < 4.78 is 10.7. The van der Waals surface area contributed by atoms with Crippen LogP contribution in [0, 0.1) is 12.5 Å². The van der Waals surface area contributed by atoms with Crippen LogP contribution in [0.25, 0.3) is 11.3 Å². The lowest BCUT2D eigenvalue weighted by atomic mass is 10.1. The molecular weight excluding hydrogens is 264 g/mol. The number of rotatable bonds is 5.